The van der Waals surface area contributed by atoms with Crippen molar-refractivity contribution in [3.05, 3.63) is 23.3 Å². The van der Waals surface area contributed by atoms with Gasteiger partial charge in [-0.1, -0.05) is 0 Å². The van der Waals surface area contributed by atoms with Crippen LogP contribution >= 0.6 is 0 Å². The van der Waals surface area contributed by atoms with Crippen LogP contribution in [0.2, 0.25) is 0 Å². The molecule has 5 heteroatoms. The molecule has 18 heavy (non-hydrogen) atoms. The van der Waals surface area contributed by atoms with E-state index in [2.05, 4.69) is 0 Å². The van der Waals surface area contributed by atoms with E-state index in [0.717, 1.165) is 16.9 Å². The van der Waals surface area contributed by atoms with Crippen molar-refractivity contribution in [3.63, 3.8) is 0 Å². The molecule has 1 amide bonds. The molecule has 100 valence electrons. The number of rotatable bonds is 5. The SMILES string of the molecule is COc1ccc(C(C(N)=O)N(C)C)c(OC)c1C. The number of hydrogen-bond acceptors (Lipinski definition) is 4. The lowest BCUT2D eigenvalue weighted by Crippen LogP contribution is -2.33. The van der Waals surface area contributed by atoms with E-state index in [9.17, 15) is 4.79 Å². The van der Waals surface area contributed by atoms with Gasteiger partial charge in [-0.3, -0.25) is 9.69 Å². The van der Waals surface area contributed by atoms with Gasteiger partial charge in [0, 0.05) is 11.1 Å². The van der Waals surface area contributed by atoms with Gasteiger partial charge in [0.25, 0.3) is 0 Å². The molecule has 0 aromatic heterocycles. The van der Waals surface area contributed by atoms with Crippen LogP contribution in [0.3, 0.4) is 0 Å². The first kappa shape index (κ1) is 14.3. The third kappa shape index (κ3) is 2.56. The topological polar surface area (TPSA) is 64.8 Å². The highest BCUT2D eigenvalue weighted by Crippen LogP contribution is 2.36. The molecule has 1 rings (SSSR count). The van der Waals surface area contributed by atoms with Crippen LogP contribution in [0.5, 0.6) is 11.5 Å². The fraction of sp³-hybridized carbons (Fsp3) is 0.462. The van der Waals surface area contributed by atoms with Gasteiger partial charge >= 0.3 is 0 Å². The molecule has 0 fully saturated rings. The molecular formula is C13H20N2O3. The molecule has 0 radical (unpaired) electrons. The predicted octanol–water partition coefficient (Wildman–Crippen LogP) is 1.10. The fourth-order valence-corrected chi connectivity index (χ4v) is 2.09. The van der Waals surface area contributed by atoms with E-state index in [-0.39, 0.29) is 0 Å². The molecule has 0 saturated carbocycles. The van der Waals surface area contributed by atoms with Crippen molar-refractivity contribution in [1.29, 1.82) is 0 Å². The maximum absolute atomic E-state index is 11.6. The van der Waals surface area contributed by atoms with E-state index in [1.165, 1.54) is 0 Å². The van der Waals surface area contributed by atoms with Crippen molar-refractivity contribution in [2.75, 3.05) is 28.3 Å². The Morgan fingerprint density at radius 2 is 1.89 bits per heavy atom. The van der Waals surface area contributed by atoms with Crippen molar-refractivity contribution in [2.45, 2.75) is 13.0 Å². The van der Waals surface area contributed by atoms with E-state index in [1.54, 1.807) is 39.3 Å². The zero-order chi connectivity index (χ0) is 13.9. The van der Waals surface area contributed by atoms with Gasteiger partial charge in [-0.05, 0) is 33.2 Å². The molecule has 5 nitrogen and oxygen atoms in total. The summed E-state index contributed by atoms with van der Waals surface area (Å²) in [5.74, 6) is 0.937. The lowest BCUT2D eigenvalue weighted by Gasteiger charge is -2.24. The maximum atomic E-state index is 11.6. The first-order valence-electron chi connectivity index (χ1n) is 5.61. The second-order valence-electron chi connectivity index (χ2n) is 4.28. The minimum atomic E-state index is -0.524. The Morgan fingerprint density at radius 1 is 1.28 bits per heavy atom. The van der Waals surface area contributed by atoms with Crippen molar-refractivity contribution < 1.29 is 14.3 Å². The van der Waals surface area contributed by atoms with E-state index in [1.807, 2.05) is 13.0 Å². The second kappa shape index (κ2) is 5.73. The molecule has 1 aromatic rings. The summed E-state index contributed by atoms with van der Waals surface area (Å²) in [6.07, 6.45) is 0. The zero-order valence-corrected chi connectivity index (χ0v) is 11.5. The normalized spacial score (nSPS) is 12.3. The molecule has 0 saturated heterocycles. The molecule has 0 aliphatic carbocycles. The Balaban J connectivity index is 3.40. The quantitative estimate of drug-likeness (QED) is 0.852. The summed E-state index contributed by atoms with van der Waals surface area (Å²) in [5.41, 5.74) is 7.04. The van der Waals surface area contributed by atoms with Gasteiger partial charge in [0.15, 0.2) is 0 Å². The number of nitrogens with two attached hydrogens (primary N) is 1. The summed E-state index contributed by atoms with van der Waals surface area (Å²) >= 11 is 0. The molecule has 0 aliphatic heterocycles. The zero-order valence-electron chi connectivity index (χ0n) is 11.5. The Hall–Kier alpha value is -1.75. The van der Waals surface area contributed by atoms with Crippen molar-refractivity contribution in [3.8, 4) is 11.5 Å². The standard InChI is InChI=1S/C13H20N2O3/c1-8-10(17-4)7-6-9(12(8)18-5)11(13(14)16)15(2)3/h6-7,11H,1-5H3,(H2,14,16). The molecule has 0 spiro atoms. The third-order valence-electron chi connectivity index (χ3n) is 2.89. The van der Waals surface area contributed by atoms with Gasteiger partial charge in [-0.25, -0.2) is 0 Å². The molecule has 1 atom stereocenters. The van der Waals surface area contributed by atoms with Gasteiger partial charge in [0.05, 0.1) is 14.2 Å². The summed E-state index contributed by atoms with van der Waals surface area (Å²) in [4.78, 5) is 13.3. The average molecular weight is 252 g/mol. The van der Waals surface area contributed by atoms with Gasteiger partial charge in [-0.2, -0.15) is 0 Å². The number of carbonyl (C=O) groups is 1. The van der Waals surface area contributed by atoms with E-state index < -0.39 is 11.9 Å². The van der Waals surface area contributed by atoms with Crippen LogP contribution in [-0.2, 0) is 4.79 Å². The van der Waals surface area contributed by atoms with Crippen LogP contribution in [0.1, 0.15) is 17.2 Å². The smallest absolute Gasteiger partial charge is 0.239 e. The monoisotopic (exact) mass is 252 g/mol. The van der Waals surface area contributed by atoms with Crippen molar-refractivity contribution in [2.24, 2.45) is 5.73 Å². The van der Waals surface area contributed by atoms with E-state index >= 15 is 0 Å². The largest absolute Gasteiger partial charge is 0.496 e. The van der Waals surface area contributed by atoms with E-state index in [0.29, 0.717) is 5.75 Å². The van der Waals surface area contributed by atoms with E-state index in [4.69, 9.17) is 15.2 Å². The minimum absolute atomic E-state index is 0.414. The molecule has 1 unspecified atom stereocenters. The van der Waals surface area contributed by atoms with Crippen LogP contribution in [0, 0.1) is 6.92 Å². The number of hydrogen-bond donors (Lipinski definition) is 1. The van der Waals surface area contributed by atoms with Crippen LogP contribution in [0.15, 0.2) is 12.1 Å². The van der Waals surface area contributed by atoms with Gasteiger partial charge in [0.1, 0.15) is 17.5 Å². The average Bonchev–Trinajstić information content (AvgIpc) is 2.28. The van der Waals surface area contributed by atoms with Crippen LogP contribution < -0.4 is 15.2 Å². The maximum Gasteiger partial charge on any atom is 0.239 e. The summed E-state index contributed by atoms with van der Waals surface area (Å²) in [7, 11) is 6.76. The molecule has 0 aliphatic rings. The highest BCUT2D eigenvalue weighted by atomic mass is 16.5. The Morgan fingerprint density at radius 3 is 2.28 bits per heavy atom. The first-order valence-corrected chi connectivity index (χ1v) is 5.61. The number of amides is 1. The fourth-order valence-electron chi connectivity index (χ4n) is 2.09. The highest BCUT2D eigenvalue weighted by Gasteiger charge is 2.25. The lowest BCUT2D eigenvalue weighted by molar-refractivity contribution is -0.122. The second-order valence-corrected chi connectivity index (χ2v) is 4.28. The summed E-state index contributed by atoms with van der Waals surface area (Å²) < 4.78 is 10.6. The van der Waals surface area contributed by atoms with Crippen molar-refractivity contribution >= 4 is 5.91 Å². The molecule has 2 N–H and O–H groups in total. The Kier molecular flexibility index (Phi) is 4.55. The number of methoxy groups -OCH3 is 2. The molecule has 0 heterocycles. The minimum Gasteiger partial charge on any atom is -0.496 e. The summed E-state index contributed by atoms with van der Waals surface area (Å²) in [6.45, 7) is 1.88. The molecule has 1 aromatic carbocycles. The predicted molar refractivity (Wildman–Crippen MR) is 69.9 cm³/mol. The highest BCUT2D eigenvalue weighted by molar-refractivity contribution is 5.82. The molecular weight excluding hydrogens is 232 g/mol. The summed E-state index contributed by atoms with van der Waals surface area (Å²) in [6, 6.07) is 3.09. The van der Waals surface area contributed by atoms with Crippen molar-refractivity contribution in [1.82, 2.24) is 4.90 Å². The number of primary amides is 1. The number of carbonyl (C=O) groups excluding carboxylic acids is 1. The number of benzene rings is 1. The first-order chi connectivity index (χ1) is 8.43. The van der Waals surface area contributed by atoms with Gasteiger partial charge in [-0.15, -0.1) is 0 Å². The van der Waals surface area contributed by atoms with Gasteiger partial charge in [0.2, 0.25) is 5.91 Å². The van der Waals surface area contributed by atoms with Gasteiger partial charge < -0.3 is 15.2 Å². The Labute approximate surface area is 107 Å². The number of likely N-dealkylation sites (N-methyl/N-ethyl adjacent to an activating group) is 1. The third-order valence-corrected chi connectivity index (χ3v) is 2.89. The number of ether oxygens (including phenoxy) is 2. The number of nitrogens with zero attached hydrogens (tertiary/aromatic N) is 1. The van der Waals surface area contributed by atoms with Crippen LogP contribution in [0.4, 0.5) is 0 Å². The molecule has 0 bridgehead atoms. The van der Waals surface area contributed by atoms with Crippen LogP contribution in [0.25, 0.3) is 0 Å². The van der Waals surface area contributed by atoms with Crippen LogP contribution in [-0.4, -0.2) is 39.1 Å². The lowest BCUT2D eigenvalue weighted by atomic mass is 10.0. The Bertz CT molecular complexity index is 444. The summed E-state index contributed by atoms with van der Waals surface area (Å²) in [5, 5.41) is 0.